The fraction of sp³-hybridized carbons (Fsp3) is 0.217. The number of nitrogens with zero attached hydrogens (tertiary/aromatic N) is 2. The van der Waals surface area contributed by atoms with Crippen LogP contribution in [0.2, 0.25) is 0 Å². The van der Waals surface area contributed by atoms with Gasteiger partial charge in [-0.05, 0) is 48.5 Å². The predicted octanol–water partition coefficient (Wildman–Crippen LogP) is 3.07. The van der Waals surface area contributed by atoms with Crippen LogP contribution in [-0.4, -0.2) is 43.9 Å². The second-order valence-corrected chi connectivity index (χ2v) is 7.01. The van der Waals surface area contributed by atoms with E-state index in [1.54, 1.807) is 18.2 Å². The van der Waals surface area contributed by atoms with Crippen molar-refractivity contribution in [3.8, 4) is 11.4 Å². The highest BCUT2D eigenvalue weighted by atomic mass is 19.1. The van der Waals surface area contributed by atoms with E-state index in [-0.39, 0.29) is 11.3 Å². The molecule has 1 aliphatic heterocycles. The number of methoxy groups -OCH3 is 1. The standard InChI is InChI=1S/C23H22FN3O4/c1-30-21-15-16(24)4-9-20(21)27-10-2-3-19(23(27)29)22(28)25-17-5-7-18(8-6-17)26-11-13-31-14-12-26/h2-10,15H,11-14H2,1H3,(H,25,28). The Labute approximate surface area is 178 Å². The van der Waals surface area contributed by atoms with E-state index in [9.17, 15) is 14.0 Å². The summed E-state index contributed by atoms with van der Waals surface area (Å²) in [7, 11) is 1.39. The van der Waals surface area contributed by atoms with Gasteiger partial charge in [0, 0.05) is 36.7 Å². The molecular weight excluding hydrogens is 401 g/mol. The number of carbonyl (C=O) groups is 1. The number of morpholine rings is 1. The first-order valence-corrected chi connectivity index (χ1v) is 9.86. The van der Waals surface area contributed by atoms with Crippen molar-refractivity contribution in [2.45, 2.75) is 0 Å². The zero-order chi connectivity index (χ0) is 21.8. The van der Waals surface area contributed by atoms with Crippen LogP contribution in [0.3, 0.4) is 0 Å². The van der Waals surface area contributed by atoms with Gasteiger partial charge in [0.15, 0.2) is 0 Å². The zero-order valence-electron chi connectivity index (χ0n) is 17.0. The Bertz CT molecular complexity index is 1140. The molecule has 4 rings (SSSR count). The molecule has 7 nitrogen and oxygen atoms in total. The minimum atomic E-state index is -0.533. The monoisotopic (exact) mass is 423 g/mol. The van der Waals surface area contributed by atoms with Crippen LogP contribution in [0.4, 0.5) is 15.8 Å². The maximum Gasteiger partial charge on any atom is 0.268 e. The lowest BCUT2D eigenvalue weighted by molar-refractivity contribution is 0.102. The molecule has 160 valence electrons. The maximum atomic E-state index is 13.5. The number of anilines is 2. The van der Waals surface area contributed by atoms with Crippen LogP contribution in [0.15, 0.2) is 65.6 Å². The molecule has 0 spiro atoms. The van der Waals surface area contributed by atoms with Gasteiger partial charge in [-0.15, -0.1) is 0 Å². The molecule has 1 saturated heterocycles. The molecule has 1 N–H and O–H groups in total. The maximum absolute atomic E-state index is 13.5. The number of aromatic nitrogens is 1. The van der Waals surface area contributed by atoms with E-state index in [0.29, 0.717) is 24.6 Å². The quantitative estimate of drug-likeness (QED) is 0.683. The van der Waals surface area contributed by atoms with E-state index in [1.807, 2.05) is 12.1 Å². The lowest BCUT2D eigenvalue weighted by Crippen LogP contribution is -2.36. The highest BCUT2D eigenvalue weighted by Gasteiger charge is 2.16. The number of pyridine rings is 1. The van der Waals surface area contributed by atoms with Crippen LogP contribution >= 0.6 is 0 Å². The van der Waals surface area contributed by atoms with Gasteiger partial charge in [0.2, 0.25) is 0 Å². The van der Waals surface area contributed by atoms with Gasteiger partial charge in [-0.3, -0.25) is 14.2 Å². The Hall–Kier alpha value is -3.65. The van der Waals surface area contributed by atoms with E-state index >= 15 is 0 Å². The van der Waals surface area contributed by atoms with Crippen LogP contribution in [0.5, 0.6) is 5.75 Å². The molecule has 1 amide bonds. The summed E-state index contributed by atoms with van der Waals surface area (Å²) in [6.07, 6.45) is 1.51. The zero-order valence-corrected chi connectivity index (χ0v) is 17.0. The first-order valence-electron chi connectivity index (χ1n) is 9.86. The van der Waals surface area contributed by atoms with Gasteiger partial charge in [-0.2, -0.15) is 0 Å². The second-order valence-electron chi connectivity index (χ2n) is 7.01. The van der Waals surface area contributed by atoms with Gasteiger partial charge in [-0.25, -0.2) is 4.39 Å². The SMILES string of the molecule is COc1cc(F)ccc1-n1cccc(C(=O)Nc2ccc(N3CCOCC3)cc2)c1=O. The Morgan fingerprint density at radius 1 is 1.10 bits per heavy atom. The van der Waals surface area contributed by atoms with Crippen LogP contribution in [0.25, 0.3) is 5.69 Å². The average molecular weight is 423 g/mol. The summed E-state index contributed by atoms with van der Waals surface area (Å²) < 4.78 is 25.3. The summed E-state index contributed by atoms with van der Waals surface area (Å²) in [5.74, 6) is -0.819. The third-order valence-corrected chi connectivity index (χ3v) is 5.09. The molecular formula is C23H22FN3O4. The minimum Gasteiger partial charge on any atom is -0.494 e. The van der Waals surface area contributed by atoms with Gasteiger partial charge < -0.3 is 19.7 Å². The van der Waals surface area contributed by atoms with Crippen LogP contribution in [-0.2, 0) is 4.74 Å². The van der Waals surface area contributed by atoms with E-state index in [0.717, 1.165) is 18.8 Å². The van der Waals surface area contributed by atoms with Gasteiger partial charge in [-0.1, -0.05) is 0 Å². The van der Waals surface area contributed by atoms with Crippen molar-refractivity contribution in [2.75, 3.05) is 43.6 Å². The van der Waals surface area contributed by atoms with E-state index in [1.165, 1.54) is 42.1 Å². The molecule has 31 heavy (non-hydrogen) atoms. The third-order valence-electron chi connectivity index (χ3n) is 5.09. The number of carbonyl (C=O) groups excluding carboxylic acids is 1. The average Bonchev–Trinajstić information content (AvgIpc) is 2.80. The summed E-state index contributed by atoms with van der Waals surface area (Å²) in [6, 6.07) is 14.3. The summed E-state index contributed by atoms with van der Waals surface area (Å²) in [5, 5.41) is 2.76. The van der Waals surface area contributed by atoms with Crippen molar-refractivity contribution in [3.63, 3.8) is 0 Å². The molecule has 2 aromatic carbocycles. The van der Waals surface area contributed by atoms with E-state index < -0.39 is 17.3 Å². The minimum absolute atomic E-state index is 0.0360. The van der Waals surface area contributed by atoms with Crippen LogP contribution < -0.4 is 20.5 Å². The molecule has 0 atom stereocenters. The second kappa shape index (κ2) is 9.01. The number of ether oxygens (including phenoxy) is 2. The lowest BCUT2D eigenvalue weighted by Gasteiger charge is -2.28. The number of amides is 1. The predicted molar refractivity (Wildman–Crippen MR) is 116 cm³/mol. The van der Waals surface area contributed by atoms with Crippen molar-refractivity contribution in [1.29, 1.82) is 0 Å². The largest absolute Gasteiger partial charge is 0.494 e. The summed E-state index contributed by atoms with van der Waals surface area (Å²) in [6.45, 7) is 3.03. The van der Waals surface area contributed by atoms with Gasteiger partial charge >= 0.3 is 0 Å². The van der Waals surface area contributed by atoms with E-state index in [4.69, 9.17) is 9.47 Å². The highest BCUT2D eigenvalue weighted by Crippen LogP contribution is 2.23. The molecule has 0 saturated carbocycles. The lowest BCUT2D eigenvalue weighted by atomic mass is 10.2. The fourth-order valence-electron chi connectivity index (χ4n) is 3.48. The van der Waals surface area contributed by atoms with Crippen molar-refractivity contribution in [2.24, 2.45) is 0 Å². The highest BCUT2D eigenvalue weighted by molar-refractivity contribution is 6.04. The molecule has 1 fully saturated rings. The topological polar surface area (TPSA) is 72.8 Å². The smallest absolute Gasteiger partial charge is 0.268 e. The molecule has 1 aliphatic rings. The van der Waals surface area contributed by atoms with Crippen molar-refractivity contribution in [1.82, 2.24) is 4.57 Å². The molecule has 0 unspecified atom stereocenters. The normalized spacial score (nSPS) is 13.7. The third kappa shape index (κ3) is 4.44. The van der Waals surface area contributed by atoms with Gasteiger partial charge in [0.05, 0.1) is 26.0 Å². The van der Waals surface area contributed by atoms with Crippen LogP contribution in [0, 0.1) is 5.82 Å². The molecule has 1 aromatic heterocycles. The summed E-state index contributed by atoms with van der Waals surface area (Å²) in [4.78, 5) is 27.9. The Balaban J connectivity index is 1.56. The number of rotatable bonds is 5. The first kappa shape index (κ1) is 20.6. The molecule has 8 heteroatoms. The van der Waals surface area contributed by atoms with Crippen molar-refractivity contribution in [3.05, 3.63) is 82.5 Å². The van der Waals surface area contributed by atoms with Crippen molar-refractivity contribution >= 4 is 17.3 Å². The number of hydrogen-bond donors (Lipinski definition) is 1. The Morgan fingerprint density at radius 3 is 2.55 bits per heavy atom. The molecule has 0 radical (unpaired) electrons. The van der Waals surface area contributed by atoms with Crippen molar-refractivity contribution < 1.29 is 18.7 Å². The fourth-order valence-corrected chi connectivity index (χ4v) is 3.48. The molecule has 3 aromatic rings. The van der Waals surface area contributed by atoms with Crippen LogP contribution in [0.1, 0.15) is 10.4 Å². The summed E-state index contributed by atoms with van der Waals surface area (Å²) in [5.41, 5.74) is 1.40. The Kier molecular flexibility index (Phi) is 5.99. The van der Waals surface area contributed by atoms with Gasteiger partial charge in [0.1, 0.15) is 17.1 Å². The number of benzene rings is 2. The number of nitrogens with one attached hydrogen (secondary N) is 1. The summed E-state index contributed by atoms with van der Waals surface area (Å²) >= 11 is 0. The molecule has 0 aliphatic carbocycles. The number of halogens is 1. The molecule has 0 bridgehead atoms. The number of hydrogen-bond acceptors (Lipinski definition) is 5. The first-order chi connectivity index (χ1) is 15.1. The Morgan fingerprint density at radius 2 is 1.84 bits per heavy atom. The van der Waals surface area contributed by atoms with E-state index in [2.05, 4.69) is 10.2 Å². The van der Waals surface area contributed by atoms with Gasteiger partial charge in [0.25, 0.3) is 11.5 Å². The molecule has 2 heterocycles.